The molecule has 0 saturated heterocycles. The fourth-order valence-corrected chi connectivity index (χ4v) is 1.55. The molecule has 12 heavy (non-hydrogen) atoms. The fraction of sp³-hybridized carbons (Fsp3) is 0.125. The number of aryl methyl sites for hydroxylation is 1. The molecule has 0 radical (unpaired) electrons. The lowest BCUT2D eigenvalue weighted by Gasteiger charge is -1.99. The second-order valence-electron chi connectivity index (χ2n) is 2.17. The molecule has 0 amide bonds. The minimum absolute atomic E-state index is 0.456. The lowest BCUT2D eigenvalue weighted by molar-refractivity contribution is 1.15. The average Bonchev–Trinajstić information content (AvgIpc) is 2.06. The van der Waals surface area contributed by atoms with Crippen LogP contribution in [0.5, 0.6) is 0 Å². The molecule has 0 bridgehead atoms. The van der Waals surface area contributed by atoms with Crippen LogP contribution < -0.4 is 0 Å². The molecule has 0 aliphatic rings. The second-order valence-corrected chi connectivity index (χ2v) is 3.25. The van der Waals surface area contributed by atoms with Gasteiger partial charge in [0.1, 0.15) is 12.1 Å². The number of hydrogen-bond donors (Lipinski definition) is 0. The van der Waals surface area contributed by atoms with Crippen LogP contribution in [0.2, 0.25) is 0 Å². The zero-order valence-corrected chi connectivity index (χ0v) is 8.45. The van der Waals surface area contributed by atoms with Crippen LogP contribution in [0, 0.1) is 33.2 Å². The average molecular weight is 269 g/mol. The van der Waals surface area contributed by atoms with Crippen LogP contribution in [0.3, 0.4) is 0 Å². The van der Waals surface area contributed by atoms with Gasteiger partial charge >= 0.3 is 0 Å². The molecule has 1 rings (SSSR count). The Morgan fingerprint density at radius 1 is 1.42 bits per heavy atom. The molecule has 0 aromatic carbocycles. The third kappa shape index (κ3) is 1.39. The highest BCUT2D eigenvalue weighted by atomic mass is 127. The van der Waals surface area contributed by atoms with Crippen LogP contribution in [0.25, 0.3) is 0 Å². The summed E-state index contributed by atoms with van der Waals surface area (Å²) >= 11 is 1.98. The van der Waals surface area contributed by atoms with Crippen molar-refractivity contribution in [2.75, 3.05) is 0 Å². The van der Waals surface area contributed by atoms with Crippen molar-refractivity contribution in [1.29, 1.82) is 10.5 Å². The highest BCUT2D eigenvalue weighted by Crippen LogP contribution is 2.17. The Hall–Kier alpha value is -1.14. The van der Waals surface area contributed by atoms with Crippen LogP contribution in [0.1, 0.15) is 16.8 Å². The molecule has 0 aliphatic heterocycles. The van der Waals surface area contributed by atoms with E-state index in [-0.39, 0.29) is 0 Å². The molecule has 0 N–H and O–H groups in total. The number of nitriles is 2. The Bertz CT molecular complexity index is 398. The lowest BCUT2D eigenvalue weighted by Crippen LogP contribution is -1.94. The van der Waals surface area contributed by atoms with Crippen LogP contribution >= 0.6 is 22.6 Å². The summed E-state index contributed by atoms with van der Waals surface area (Å²) in [4.78, 5) is 3.93. The molecule has 0 saturated carbocycles. The Labute approximate surface area is 83.8 Å². The summed E-state index contributed by atoms with van der Waals surface area (Å²) in [5.74, 6) is 0. The Kier molecular flexibility index (Phi) is 2.61. The van der Waals surface area contributed by atoms with Gasteiger partial charge in [0.15, 0.2) is 0 Å². The molecule has 1 aromatic heterocycles. The number of rotatable bonds is 0. The third-order valence-corrected chi connectivity index (χ3v) is 2.56. The van der Waals surface area contributed by atoms with Gasteiger partial charge in [-0.1, -0.05) is 0 Å². The summed E-state index contributed by atoms with van der Waals surface area (Å²) in [6.45, 7) is 1.75. The van der Waals surface area contributed by atoms with Gasteiger partial charge in [0.25, 0.3) is 0 Å². The van der Waals surface area contributed by atoms with E-state index in [0.717, 1.165) is 0 Å². The summed E-state index contributed by atoms with van der Waals surface area (Å²) in [6, 6.07) is 3.99. The maximum Gasteiger partial charge on any atom is 0.102 e. The quantitative estimate of drug-likeness (QED) is 0.674. The van der Waals surface area contributed by atoms with Crippen LogP contribution in [0.4, 0.5) is 0 Å². The highest BCUT2D eigenvalue weighted by Gasteiger charge is 2.08. The van der Waals surface area contributed by atoms with Crippen LogP contribution in [-0.2, 0) is 0 Å². The predicted octanol–water partition coefficient (Wildman–Crippen LogP) is 1.74. The third-order valence-electron chi connectivity index (χ3n) is 1.44. The van der Waals surface area contributed by atoms with E-state index in [1.165, 1.54) is 6.20 Å². The first-order valence-electron chi connectivity index (χ1n) is 3.16. The van der Waals surface area contributed by atoms with Gasteiger partial charge in [-0.15, -0.1) is 0 Å². The predicted molar refractivity (Wildman–Crippen MR) is 51.1 cm³/mol. The molecule has 58 valence electrons. The summed E-state index contributed by atoms with van der Waals surface area (Å²) in [5.41, 5.74) is 1.62. The minimum atomic E-state index is 0.456. The van der Waals surface area contributed by atoms with Crippen molar-refractivity contribution in [1.82, 2.24) is 4.98 Å². The Morgan fingerprint density at radius 3 is 2.58 bits per heavy atom. The van der Waals surface area contributed by atoms with Gasteiger partial charge in [-0.25, -0.2) is 0 Å². The molecule has 1 aromatic rings. The molecule has 4 heteroatoms. The molecule has 1 heterocycles. The smallest absolute Gasteiger partial charge is 0.102 e. The fourth-order valence-electron chi connectivity index (χ4n) is 0.784. The molecule has 0 fully saturated rings. The van der Waals surface area contributed by atoms with Gasteiger partial charge in [-0.3, -0.25) is 4.98 Å². The van der Waals surface area contributed by atoms with Gasteiger partial charge in [0.2, 0.25) is 0 Å². The van der Waals surface area contributed by atoms with E-state index in [1.54, 1.807) is 6.92 Å². The number of nitrogens with zero attached hydrogens (tertiary/aromatic N) is 3. The molecule has 0 unspecified atom stereocenters. The molecule has 0 spiro atoms. The molecule has 0 aliphatic carbocycles. The lowest BCUT2D eigenvalue weighted by atomic mass is 10.2. The molecular formula is C8H4IN3. The van der Waals surface area contributed by atoms with Crippen LogP contribution in [-0.4, -0.2) is 4.98 Å². The summed E-state index contributed by atoms with van der Waals surface area (Å²) in [7, 11) is 0. The standard InChI is InChI=1S/C8H4IN3/c1-5-7(3-11)8(9)6(2-10)4-12-5/h4H,1H3. The van der Waals surface area contributed by atoms with Gasteiger partial charge in [0.05, 0.1) is 20.4 Å². The number of hydrogen-bond acceptors (Lipinski definition) is 3. The molecule has 0 atom stereocenters. The van der Waals surface area contributed by atoms with Gasteiger partial charge in [0, 0.05) is 6.20 Å². The second kappa shape index (κ2) is 3.51. The van der Waals surface area contributed by atoms with Gasteiger partial charge < -0.3 is 0 Å². The molecule has 3 nitrogen and oxygen atoms in total. The van der Waals surface area contributed by atoms with Crippen LogP contribution in [0.15, 0.2) is 6.20 Å². The first kappa shape index (κ1) is 8.95. The molecular weight excluding hydrogens is 265 g/mol. The van der Waals surface area contributed by atoms with Crippen molar-refractivity contribution in [2.45, 2.75) is 6.92 Å². The SMILES string of the molecule is Cc1ncc(C#N)c(I)c1C#N. The Balaban J connectivity index is 3.50. The van der Waals surface area contributed by atoms with Crippen molar-refractivity contribution >= 4 is 22.6 Å². The van der Waals surface area contributed by atoms with E-state index in [1.807, 2.05) is 34.7 Å². The van der Waals surface area contributed by atoms with E-state index in [4.69, 9.17) is 10.5 Å². The van der Waals surface area contributed by atoms with E-state index in [9.17, 15) is 0 Å². The summed E-state index contributed by atoms with van der Waals surface area (Å²) in [5, 5.41) is 17.3. The zero-order chi connectivity index (χ0) is 9.14. The number of aromatic nitrogens is 1. The largest absolute Gasteiger partial charge is 0.259 e. The van der Waals surface area contributed by atoms with E-state index in [2.05, 4.69) is 4.98 Å². The van der Waals surface area contributed by atoms with Crippen molar-refractivity contribution in [3.05, 3.63) is 26.6 Å². The minimum Gasteiger partial charge on any atom is -0.259 e. The van der Waals surface area contributed by atoms with E-state index >= 15 is 0 Å². The highest BCUT2D eigenvalue weighted by molar-refractivity contribution is 14.1. The summed E-state index contributed by atoms with van der Waals surface area (Å²) < 4.78 is 0.685. The van der Waals surface area contributed by atoms with Crippen molar-refractivity contribution in [3.63, 3.8) is 0 Å². The van der Waals surface area contributed by atoms with E-state index in [0.29, 0.717) is 20.4 Å². The van der Waals surface area contributed by atoms with Gasteiger partial charge in [-0.2, -0.15) is 10.5 Å². The number of halogens is 1. The van der Waals surface area contributed by atoms with Crippen molar-refractivity contribution in [3.8, 4) is 12.1 Å². The first-order valence-corrected chi connectivity index (χ1v) is 4.24. The van der Waals surface area contributed by atoms with Gasteiger partial charge in [-0.05, 0) is 29.5 Å². The maximum absolute atomic E-state index is 8.72. The van der Waals surface area contributed by atoms with Crippen molar-refractivity contribution < 1.29 is 0 Å². The maximum atomic E-state index is 8.72. The first-order chi connectivity index (χ1) is 5.70. The number of pyridine rings is 1. The van der Waals surface area contributed by atoms with Crippen molar-refractivity contribution in [2.24, 2.45) is 0 Å². The summed E-state index contributed by atoms with van der Waals surface area (Å²) in [6.07, 6.45) is 1.48. The Morgan fingerprint density at radius 2 is 2.08 bits per heavy atom. The normalized spacial score (nSPS) is 8.67. The monoisotopic (exact) mass is 269 g/mol. The topological polar surface area (TPSA) is 60.5 Å². The van der Waals surface area contributed by atoms with E-state index < -0.39 is 0 Å². The zero-order valence-electron chi connectivity index (χ0n) is 6.30.